The summed E-state index contributed by atoms with van der Waals surface area (Å²) in [6.45, 7) is 6.01. The highest BCUT2D eigenvalue weighted by molar-refractivity contribution is 5.76. The summed E-state index contributed by atoms with van der Waals surface area (Å²) in [6, 6.07) is 10.1. The summed E-state index contributed by atoms with van der Waals surface area (Å²) in [5.74, 6) is 0.526. The predicted octanol–water partition coefficient (Wildman–Crippen LogP) is 3.05. The number of aliphatic hydroxyl groups excluding tert-OH is 1. The van der Waals surface area contributed by atoms with Crippen LogP contribution in [0.2, 0.25) is 0 Å². The highest BCUT2D eigenvalue weighted by atomic mass is 16.3. The average Bonchev–Trinajstić information content (AvgIpc) is 2.36. The maximum Gasteiger partial charge on any atom is 0.220 e. The zero-order chi connectivity index (χ0) is 14.3. The number of amides is 1. The summed E-state index contributed by atoms with van der Waals surface area (Å²) in [7, 11) is 0. The summed E-state index contributed by atoms with van der Waals surface area (Å²) in [5, 5.41) is 12.3. The van der Waals surface area contributed by atoms with Crippen LogP contribution < -0.4 is 5.32 Å². The van der Waals surface area contributed by atoms with E-state index < -0.39 is 6.10 Å². The highest BCUT2D eigenvalue weighted by Gasteiger charge is 2.16. The van der Waals surface area contributed by atoms with Crippen molar-refractivity contribution in [1.82, 2.24) is 5.32 Å². The van der Waals surface area contributed by atoms with Gasteiger partial charge >= 0.3 is 0 Å². The van der Waals surface area contributed by atoms with Crippen molar-refractivity contribution in [2.75, 3.05) is 0 Å². The summed E-state index contributed by atoms with van der Waals surface area (Å²) >= 11 is 0. The Kier molecular flexibility index (Phi) is 6.57. The monoisotopic (exact) mass is 263 g/mol. The number of nitrogens with one attached hydrogen (secondary N) is 1. The Labute approximate surface area is 116 Å². The lowest BCUT2D eigenvalue weighted by atomic mass is 9.97. The number of hydrogen-bond donors (Lipinski definition) is 2. The molecule has 0 saturated heterocycles. The molecule has 0 saturated carbocycles. The molecule has 19 heavy (non-hydrogen) atoms. The molecule has 3 heteroatoms. The average molecular weight is 263 g/mol. The minimum Gasteiger partial charge on any atom is -0.393 e. The molecule has 0 aromatic heterocycles. The second-order valence-electron chi connectivity index (χ2n) is 5.55. The van der Waals surface area contributed by atoms with Gasteiger partial charge in [0.2, 0.25) is 5.91 Å². The number of carbonyl (C=O) groups excluding carboxylic acids is 1. The van der Waals surface area contributed by atoms with Gasteiger partial charge in [-0.2, -0.15) is 0 Å². The fourth-order valence-electron chi connectivity index (χ4n) is 2.04. The summed E-state index contributed by atoms with van der Waals surface area (Å²) in [5.41, 5.74) is 1.14. The number of rotatable bonds is 7. The Hall–Kier alpha value is -1.35. The van der Waals surface area contributed by atoms with Crippen LogP contribution in [0, 0.1) is 5.92 Å². The van der Waals surface area contributed by atoms with Gasteiger partial charge in [0.15, 0.2) is 0 Å². The van der Waals surface area contributed by atoms with E-state index in [2.05, 4.69) is 19.2 Å². The van der Waals surface area contributed by atoms with Crippen LogP contribution in [0.1, 0.15) is 51.6 Å². The molecule has 0 heterocycles. The van der Waals surface area contributed by atoms with E-state index in [0.29, 0.717) is 18.8 Å². The highest BCUT2D eigenvalue weighted by Crippen LogP contribution is 2.21. The van der Waals surface area contributed by atoms with Crippen LogP contribution in [0.5, 0.6) is 0 Å². The Bertz CT molecular complexity index is 374. The van der Waals surface area contributed by atoms with E-state index in [9.17, 15) is 9.90 Å². The second-order valence-corrected chi connectivity index (χ2v) is 5.55. The van der Waals surface area contributed by atoms with E-state index in [-0.39, 0.29) is 11.9 Å². The van der Waals surface area contributed by atoms with Crippen molar-refractivity contribution < 1.29 is 9.90 Å². The van der Waals surface area contributed by atoms with Crippen LogP contribution in [0.3, 0.4) is 0 Å². The largest absolute Gasteiger partial charge is 0.393 e. The molecule has 0 aliphatic carbocycles. The first kappa shape index (κ1) is 15.7. The number of hydrogen-bond acceptors (Lipinski definition) is 2. The van der Waals surface area contributed by atoms with Crippen LogP contribution in [0.15, 0.2) is 30.3 Å². The third kappa shape index (κ3) is 6.39. The van der Waals surface area contributed by atoms with Gasteiger partial charge in [0, 0.05) is 6.42 Å². The first-order chi connectivity index (χ1) is 8.99. The molecule has 0 bridgehead atoms. The van der Waals surface area contributed by atoms with Gasteiger partial charge in [-0.05, 0) is 31.2 Å². The quantitative estimate of drug-likeness (QED) is 0.794. The van der Waals surface area contributed by atoms with Gasteiger partial charge in [-0.25, -0.2) is 0 Å². The van der Waals surface area contributed by atoms with E-state index in [4.69, 9.17) is 0 Å². The van der Waals surface area contributed by atoms with Gasteiger partial charge in [-0.1, -0.05) is 44.2 Å². The van der Waals surface area contributed by atoms with Gasteiger partial charge < -0.3 is 10.4 Å². The van der Waals surface area contributed by atoms with Gasteiger partial charge in [-0.3, -0.25) is 4.79 Å². The Balaban J connectivity index is 2.62. The van der Waals surface area contributed by atoms with Crippen molar-refractivity contribution in [2.45, 2.75) is 52.2 Å². The van der Waals surface area contributed by atoms with E-state index in [0.717, 1.165) is 12.0 Å². The van der Waals surface area contributed by atoms with Crippen molar-refractivity contribution in [3.8, 4) is 0 Å². The second kappa shape index (κ2) is 7.95. The first-order valence-electron chi connectivity index (χ1n) is 7.01. The molecular weight excluding hydrogens is 238 g/mol. The molecule has 0 aliphatic heterocycles. The SMILES string of the molecule is CC(C)CC(NC(=O)CCC(C)O)c1ccccc1. The maximum absolute atomic E-state index is 11.9. The molecule has 1 aromatic carbocycles. The Morgan fingerprint density at radius 1 is 1.21 bits per heavy atom. The fourth-order valence-corrected chi connectivity index (χ4v) is 2.04. The maximum atomic E-state index is 11.9. The molecule has 0 radical (unpaired) electrons. The van der Waals surface area contributed by atoms with Gasteiger partial charge in [0.25, 0.3) is 0 Å². The standard InChI is InChI=1S/C16H25NO2/c1-12(2)11-15(14-7-5-4-6-8-14)17-16(19)10-9-13(3)18/h4-8,12-13,15,18H,9-11H2,1-3H3,(H,17,19). The van der Waals surface area contributed by atoms with Crippen molar-refractivity contribution in [1.29, 1.82) is 0 Å². The van der Waals surface area contributed by atoms with Gasteiger partial charge in [0.05, 0.1) is 12.1 Å². The van der Waals surface area contributed by atoms with E-state index in [1.807, 2.05) is 30.3 Å². The molecule has 3 nitrogen and oxygen atoms in total. The van der Waals surface area contributed by atoms with Crippen LogP contribution >= 0.6 is 0 Å². The molecule has 2 unspecified atom stereocenters. The third-order valence-electron chi connectivity index (χ3n) is 3.03. The van der Waals surface area contributed by atoms with Crippen LogP contribution in [-0.2, 0) is 4.79 Å². The van der Waals surface area contributed by atoms with Crippen molar-refractivity contribution in [3.05, 3.63) is 35.9 Å². The lowest BCUT2D eigenvalue weighted by Gasteiger charge is -2.21. The minimum absolute atomic E-state index is 0.00963. The molecule has 2 atom stereocenters. The predicted molar refractivity (Wildman–Crippen MR) is 77.7 cm³/mol. The molecule has 0 fully saturated rings. The van der Waals surface area contributed by atoms with Crippen LogP contribution in [0.4, 0.5) is 0 Å². The molecular formula is C16H25NO2. The van der Waals surface area contributed by atoms with Crippen molar-refractivity contribution in [3.63, 3.8) is 0 Å². The number of carbonyl (C=O) groups is 1. The molecule has 2 N–H and O–H groups in total. The topological polar surface area (TPSA) is 49.3 Å². The summed E-state index contributed by atoms with van der Waals surface area (Å²) in [4.78, 5) is 11.9. The van der Waals surface area contributed by atoms with E-state index in [1.54, 1.807) is 6.92 Å². The third-order valence-corrected chi connectivity index (χ3v) is 3.03. The Morgan fingerprint density at radius 2 is 1.84 bits per heavy atom. The normalized spacial score (nSPS) is 14.2. The summed E-state index contributed by atoms with van der Waals surface area (Å²) < 4.78 is 0. The molecule has 0 spiro atoms. The van der Waals surface area contributed by atoms with E-state index in [1.165, 1.54) is 0 Å². The molecule has 1 aromatic rings. The molecule has 1 rings (SSSR count). The number of aliphatic hydroxyl groups is 1. The lowest BCUT2D eigenvalue weighted by Crippen LogP contribution is -2.29. The minimum atomic E-state index is -0.425. The van der Waals surface area contributed by atoms with Gasteiger partial charge in [0.1, 0.15) is 0 Å². The van der Waals surface area contributed by atoms with Crippen LogP contribution in [-0.4, -0.2) is 17.1 Å². The zero-order valence-corrected chi connectivity index (χ0v) is 12.1. The fraction of sp³-hybridized carbons (Fsp3) is 0.562. The zero-order valence-electron chi connectivity index (χ0n) is 12.1. The van der Waals surface area contributed by atoms with Crippen LogP contribution in [0.25, 0.3) is 0 Å². The molecule has 1 amide bonds. The Morgan fingerprint density at radius 3 is 2.37 bits per heavy atom. The van der Waals surface area contributed by atoms with Crippen molar-refractivity contribution >= 4 is 5.91 Å². The molecule has 0 aliphatic rings. The van der Waals surface area contributed by atoms with Crippen molar-refractivity contribution in [2.24, 2.45) is 5.92 Å². The number of benzene rings is 1. The summed E-state index contributed by atoms with van der Waals surface area (Å²) in [6.07, 6.45) is 1.38. The lowest BCUT2D eigenvalue weighted by molar-refractivity contribution is -0.122. The first-order valence-corrected chi connectivity index (χ1v) is 7.01. The van der Waals surface area contributed by atoms with Gasteiger partial charge in [-0.15, -0.1) is 0 Å². The molecule has 106 valence electrons. The van der Waals surface area contributed by atoms with E-state index >= 15 is 0 Å². The smallest absolute Gasteiger partial charge is 0.220 e.